The van der Waals surface area contributed by atoms with Gasteiger partial charge in [0.25, 0.3) is 5.56 Å². The number of fused-ring (bicyclic) bond motifs is 1. The van der Waals surface area contributed by atoms with Crippen LogP contribution in [0.5, 0.6) is 0 Å². The number of oxime groups is 1. The quantitative estimate of drug-likeness (QED) is 0.196. The highest BCUT2D eigenvalue weighted by Crippen LogP contribution is 2.25. The number of aromatic nitrogens is 3. The summed E-state index contributed by atoms with van der Waals surface area (Å²) in [6.07, 6.45) is 1.48. The fraction of sp³-hybridized carbons (Fsp3) is 0.222. The van der Waals surface area contributed by atoms with Crippen molar-refractivity contribution in [2.75, 3.05) is 25.6 Å². The molecule has 0 spiro atoms. The summed E-state index contributed by atoms with van der Waals surface area (Å²) in [4.78, 5) is 21.5. The minimum atomic E-state index is -0.179. The maximum atomic E-state index is 12.5. The Kier molecular flexibility index (Phi) is 5.32. The van der Waals surface area contributed by atoms with Gasteiger partial charge in [-0.15, -0.1) is 0 Å². The highest BCUT2D eigenvalue weighted by atomic mass is 16.5. The summed E-state index contributed by atoms with van der Waals surface area (Å²) in [6.45, 7) is 0.977. The van der Waals surface area contributed by atoms with Crippen molar-refractivity contribution >= 4 is 22.6 Å². The van der Waals surface area contributed by atoms with Crippen LogP contribution >= 0.6 is 0 Å². The number of pyridine rings is 1. The largest absolute Gasteiger partial charge is 0.409 e. The Bertz CT molecular complexity index is 1040. The SMILES string of the molecule is COCCNc1nc(-c2ccc(C(N)=NO)cc2)cc2ncn(C)c(=O)c12. The number of nitrogens with zero attached hydrogens (tertiary/aromatic N) is 4. The van der Waals surface area contributed by atoms with Crippen LogP contribution < -0.4 is 16.6 Å². The lowest BCUT2D eigenvalue weighted by Gasteiger charge is -2.12. The maximum Gasteiger partial charge on any atom is 0.264 e. The molecule has 0 saturated carbocycles. The Hall–Kier alpha value is -3.46. The number of anilines is 1. The Balaban J connectivity index is 2.11. The molecule has 0 fully saturated rings. The van der Waals surface area contributed by atoms with Gasteiger partial charge in [0, 0.05) is 31.8 Å². The molecule has 0 aliphatic heterocycles. The summed E-state index contributed by atoms with van der Waals surface area (Å²) in [5.74, 6) is 0.480. The molecule has 3 aromatic rings. The lowest BCUT2D eigenvalue weighted by molar-refractivity contribution is 0.210. The minimum absolute atomic E-state index is 0.0279. The molecule has 0 atom stereocenters. The Morgan fingerprint density at radius 1 is 1.37 bits per heavy atom. The monoisotopic (exact) mass is 368 g/mol. The van der Waals surface area contributed by atoms with E-state index in [4.69, 9.17) is 15.7 Å². The number of amidine groups is 1. The van der Waals surface area contributed by atoms with E-state index >= 15 is 0 Å². The van der Waals surface area contributed by atoms with Crippen LogP contribution in [0.15, 0.2) is 46.6 Å². The van der Waals surface area contributed by atoms with Crippen molar-refractivity contribution in [3.05, 3.63) is 52.6 Å². The van der Waals surface area contributed by atoms with Gasteiger partial charge < -0.3 is 25.6 Å². The third kappa shape index (κ3) is 3.72. The van der Waals surface area contributed by atoms with Crippen LogP contribution in [0.1, 0.15) is 5.56 Å². The fourth-order valence-corrected chi connectivity index (χ4v) is 2.64. The van der Waals surface area contributed by atoms with Crippen molar-refractivity contribution in [2.45, 2.75) is 0 Å². The molecule has 2 aromatic heterocycles. The molecule has 27 heavy (non-hydrogen) atoms. The highest BCUT2D eigenvalue weighted by molar-refractivity contribution is 5.97. The van der Waals surface area contributed by atoms with E-state index in [-0.39, 0.29) is 11.4 Å². The van der Waals surface area contributed by atoms with Crippen molar-refractivity contribution in [3.63, 3.8) is 0 Å². The first-order chi connectivity index (χ1) is 13.0. The van der Waals surface area contributed by atoms with Crippen LogP contribution in [0, 0.1) is 0 Å². The van der Waals surface area contributed by atoms with Crippen molar-refractivity contribution in [1.82, 2.24) is 14.5 Å². The number of methoxy groups -OCH3 is 1. The lowest BCUT2D eigenvalue weighted by atomic mass is 10.1. The summed E-state index contributed by atoms with van der Waals surface area (Å²) in [5, 5.41) is 15.3. The third-order valence-electron chi connectivity index (χ3n) is 4.09. The fourth-order valence-electron chi connectivity index (χ4n) is 2.64. The molecule has 0 bridgehead atoms. The lowest BCUT2D eigenvalue weighted by Crippen LogP contribution is -2.20. The zero-order chi connectivity index (χ0) is 19.4. The number of hydrogen-bond donors (Lipinski definition) is 3. The number of nitrogens with two attached hydrogens (primary N) is 1. The number of hydrogen-bond acceptors (Lipinski definition) is 7. The summed E-state index contributed by atoms with van der Waals surface area (Å²) in [5.41, 5.74) is 8.01. The van der Waals surface area contributed by atoms with Gasteiger partial charge in [-0.05, 0) is 6.07 Å². The van der Waals surface area contributed by atoms with Crippen molar-refractivity contribution in [2.24, 2.45) is 17.9 Å². The maximum absolute atomic E-state index is 12.5. The van der Waals surface area contributed by atoms with Gasteiger partial charge in [-0.3, -0.25) is 4.79 Å². The van der Waals surface area contributed by atoms with Crippen LogP contribution in [0.2, 0.25) is 0 Å². The van der Waals surface area contributed by atoms with E-state index < -0.39 is 0 Å². The first-order valence-corrected chi connectivity index (χ1v) is 8.22. The second-order valence-corrected chi connectivity index (χ2v) is 5.89. The van der Waals surface area contributed by atoms with Crippen LogP contribution in [-0.2, 0) is 11.8 Å². The van der Waals surface area contributed by atoms with E-state index in [9.17, 15) is 4.79 Å². The van der Waals surface area contributed by atoms with E-state index in [0.717, 1.165) is 5.56 Å². The third-order valence-corrected chi connectivity index (χ3v) is 4.09. The van der Waals surface area contributed by atoms with Gasteiger partial charge in [0.1, 0.15) is 11.2 Å². The van der Waals surface area contributed by atoms with E-state index in [1.165, 1.54) is 10.9 Å². The summed E-state index contributed by atoms with van der Waals surface area (Å²) in [6, 6.07) is 8.83. The number of nitrogens with one attached hydrogen (secondary N) is 1. The number of benzene rings is 1. The summed E-state index contributed by atoms with van der Waals surface area (Å²) in [7, 11) is 3.25. The zero-order valence-electron chi connectivity index (χ0n) is 15.0. The molecular weight excluding hydrogens is 348 g/mol. The standard InChI is InChI=1S/C18H20N6O3/c1-24-10-21-14-9-13(11-3-5-12(6-4-11)16(19)23-26)22-17(15(14)18(24)25)20-7-8-27-2/h3-6,9-10,26H,7-8H2,1-2H3,(H2,19,23)(H,20,22). The molecule has 9 nitrogen and oxygen atoms in total. The summed E-state index contributed by atoms with van der Waals surface area (Å²) >= 11 is 0. The first-order valence-electron chi connectivity index (χ1n) is 8.22. The van der Waals surface area contributed by atoms with E-state index in [1.807, 2.05) is 12.1 Å². The number of rotatable bonds is 6. The molecule has 0 radical (unpaired) electrons. The van der Waals surface area contributed by atoms with Gasteiger partial charge in [0.15, 0.2) is 5.84 Å². The average Bonchev–Trinajstić information content (AvgIpc) is 2.70. The molecule has 0 aliphatic carbocycles. The van der Waals surface area contributed by atoms with Crippen LogP contribution in [0.4, 0.5) is 5.82 Å². The van der Waals surface area contributed by atoms with Gasteiger partial charge >= 0.3 is 0 Å². The molecule has 140 valence electrons. The number of aryl methyl sites for hydroxylation is 1. The Labute approximate surface area is 155 Å². The number of ether oxygens (including phenoxy) is 1. The molecule has 0 unspecified atom stereocenters. The van der Waals surface area contributed by atoms with Crippen molar-refractivity contribution in [1.29, 1.82) is 0 Å². The molecule has 1 aromatic carbocycles. The molecule has 9 heteroatoms. The van der Waals surface area contributed by atoms with Crippen molar-refractivity contribution < 1.29 is 9.94 Å². The Morgan fingerprint density at radius 3 is 2.78 bits per heavy atom. The predicted molar refractivity (Wildman–Crippen MR) is 103 cm³/mol. The van der Waals surface area contributed by atoms with Crippen LogP contribution in [0.3, 0.4) is 0 Å². The van der Waals surface area contributed by atoms with Crippen LogP contribution in [0.25, 0.3) is 22.2 Å². The first kappa shape index (κ1) is 18.3. The van der Waals surface area contributed by atoms with Gasteiger partial charge in [-0.25, -0.2) is 9.97 Å². The Morgan fingerprint density at radius 2 is 2.11 bits per heavy atom. The van der Waals surface area contributed by atoms with Gasteiger partial charge in [-0.1, -0.05) is 29.4 Å². The second kappa shape index (κ2) is 7.83. The summed E-state index contributed by atoms with van der Waals surface area (Å²) < 4.78 is 6.47. The van der Waals surface area contributed by atoms with Gasteiger partial charge in [-0.2, -0.15) is 0 Å². The molecule has 4 N–H and O–H groups in total. The molecular formula is C18H20N6O3. The topological polar surface area (TPSA) is 128 Å². The van der Waals surface area contributed by atoms with E-state index in [1.54, 1.807) is 32.4 Å². The smallest absolute Gasteiger partial charge is 0.264 e. The van der Waals surface area contributed by atoms with E-state index in [0.29, 0.717) is 41.1 Å². The van der Waals surface area contributed by atoms with Gasteiger partial charge in [0.05, 0.1) is 24.1 Å². The molecule has 3 rings (SSSR count). The van der Waals surface area contributed by atoms with E-state index in [2.05, 4.69) is 20.4 Å². The normalized spacial score (nSPS) is 11.7. The van der Waals surface area contributed by atoms with Gasteiger partial charge in [0.2, 0.25) is 0 Å². The van der Waals surface area contributed by atoms with Crippen molar-refractivity contribution in [3.8, 4) is 11.3 Å². The minimum Gasteiger partial charge on any atom is -0.409 e. The molecule has 0 aliphatic rings. The zero-order valence-corrected chi connectivity index (χ0v) is 15.0. The molecule has 2 heterocycles. The highest BCUT2D eigenvalue weighted by Gasteiger charge is 2.13. The van der Waals surface area contributed by atoms with Crippen LogP contribution in [-0.4, -0.2) is 45.8 Å². The average molecular weight is 368 g/mol. The predicted octanol–water partition coefficient (Wildman–Crippen LogP) is 1.15. The molecule has 0 saturated heterocycles. The second-order valence-electron chi connectivity index (χ2n) is 5.89. The molecule has 0 amide bonds.